The number of hydrogen-bond donors (Lipinski definition) is 0. The molecule has 0 N–H and O–H groups in total. The van der Waals surface area contributed by atoms with Crippen LogP contribution >= 0.6 is 0 Å². The molecule has 0 aliphatic carbocycles. The van der Waals surface area contributed by atoms with Crippen LogP contribution in [0, 0.1) is 11.3 Å². The first-order valence-corrected chi connectivity index (χ1v) is 5.01. The summed E-state index contributed by atoms with van der Waals surface area (Å²) in [4.78, 5) is 21.8. The molecule has 1 aromatic rings. The molecule has 0 unspecified atom stereocenters. The van der Waals surface area contributed by atoms with E-state index in [9.17, 15) is 9.59 Å². The highest BCUT2D eigenvalue weighted by Crippen LogP contribution is 2.11. The number of nitrogens with zero attached hydrogens (tertiary/aromatic N) is 1. The normalized spacial score (nSPS) is 9.11. The first-order valence-electron chi connectivity index (χ1n) is 5.01. The molecule has 0 saturated carbocycles. The monoisotopic (exact) mass is 249 g/mol. The topological polar surface area (TPSA) is 85.6 Å². The van der Waals surface area contributed by atoms with Crippen molar-refractivity contribution in [3.05, 3.63) is 29.8 Å². The van der Waals surface area contributed by atoms with Crippen molar-refractivity contribution in [3.63, 3.8) is 0 Å². The van der Waals surface area contributed by atoms with Crippen LogP contribution in [-0.4, -0.2) is 32.3 Å². The smallest absolute Gasteiger partial charge is 0.344 e. The van der Waals surface area contributed by atoms with Crippen LogP contribution in [0.3, 0.4) is 0 Å². The Labute approximate surface area is 104 Å². The molecular formula is C12H11NO5. The Bertz CT molecular complexity index is 460. The Morgan fingerprint density at radius 1 is 1.17 bits per heavy atom. The molecule has 0 amide bonds. The standard InChI is InChI=1S/C12H11NO5/c1-16-11(14)7-18-12(15)8-17-10-4-2-9(6-13)3-5-10/h2-5H,7-8H2,1H3. The van der Waals surface area contributed by atoms with Crippen LogP contribution in [0.2, 0.25) is 0 Å². The molecular weight excluding hydrogens is 238 g/mol. The molecule has 6 nitrogen and oxygen atoms in total. The average molecular weight is 249 g/mol. The molecule has 0 radical (unpaired) electrons. The quantitative estimate of drug-likeness (QED) is 0.712. The van der Waals surface area contributed by atoms with Gasteiger partial charge in [-0.15, -0.1) is 0 Å². The lowest BCUT2D eigenvalue weighted by atomic mass is 10.2. The zero-order valence-corrected chi connectivity index (χ0v) is 9.71. The number of carbonyl (C=O) groups excluding carboxylic acids is 2. The van der Waals surface area contributed by atoms with E-state index in [4.69, 9.17) is 10.00 Å². The first-order chi connectivity index (χ1) is 8.65. The lowest BCUT2D eigenvalue weighted by Crippen LogP contribution is -2.20. The Hall–Kier alpha value is -2.55. The van der Waals surface area contributed by atoms with Crippen molar-refractivity contribution >= 4 is 11.9 Å². The van der Waals surface area contributed by atoms with E-state index in [2.05, 4.69) is 9.47 Å². The molecule has 1 aromatic carbocycles. The second-order valence-corrected chi connectivity index (χ2v) is 3.16. The molecule has 18 heavy (non-hydrogen) atoms. The van der Waals surface area contributed by atoms with Crippen LogP contribution in [0.1, 0.15) is 5.56 Å². The Morgan fingerprint density at radius 3 is 2.39 bits per heavy atom. The Kier molecular flexibility index (Phi) is 5.19. The van der Waals surface area contributed by atoms with Crippen LogP contribution in [0.15, 0.2) is 24.3 Å². The third-order valence-electron chi connectivity index (χ3n) is 1.92. The van der Waals surface area contributed by atoms with Gasteiger partial charge in [-0.2, -0.15) is 5.26 Å². The summed E-state index contributed by atoms with van der Waals surface area (Å²) in [5.41, 5.74) is 0.496. The van der Waals surface area contributed by atoms with Crippen molar-refractivity contribution in [3.8, 4) is 11.8 Å². The van der Waals surface area contributed by atoms with E-state index in [1.807, 2.05) is 6.07 Å². The number of carbonyl (C=O) groups is 2. The largest absolute Gasteiger partial charge is 0.482 e. The van der Waals surface area contributed by atoms with Gasteiger partial charge in [0.05, 0.1) is 18.7 Å². The minimum absolute atomic E-state index is 0.317. The van der Waals surface area contributed by atoms with E-state index in [1.54, 1.807) is 24.3 Å². The van der Waals surface area contributed by atoms with Gasteiger partial charge in [0.1, 0.15) is 5.75 Å². The van der Waals surface area contributed by atoms with Crippen LogP contribution in [-0.2, 0) is 19.1 Å². The van der Waals surface area contributed by atoms with E-state index in [1.165, 1.54) is 7.11 Å². The van der Waals surface area contributed by atoms with Gasteiger partial charge in [-0.25, -0.2) is 9.59 Å². The third-order valence-corrected chi connectivity index (χ3v) is 1.92. The summed E-state index contributed by atoms with van der Waals surface area (Å²) >= 11 is 0. The minimum atomic E-state index is -0.676. The minimum Gasteiger partial charge on any atom is -0.482 e. The van der Waals surface area contributed by atoms with Crippen molar-refractivity contribution in [1.82, 2.24) is 0 Å². The first kappa shape index (κ1) is 13.5. The van der Waals surface area contributed by atoms with E-state index in [0.717, 1.165) is 0 Å². The molecule has 0 aromatic heterocycles. The molecule has 1 rings (SSSR count). The highest BCUT2D eigenvalue weighted by atomic mass is 16.6. The predicted octanol–water partition coefficient (Wildman–Crippen LogP) is 0.653. The molecule has 0 heterocycles. The molecule has 0 fully saturated rings. The van der Waals surface area contributed by atoms with Crippen molar-refractivity contribution in [2.45, 2.75) is 0 Å². The van der Waals surface area contributed by atoms with Gasteiger partial charge in [-0.3, -0.25) is 0 Å². The van der Waals surface area contributed by atoms with E-state index in [-0.39, 0.29) is 6.61 Å². The SMILES string of the molecule is COC(=O)COC(=O)COc1ccc(C#N)cc1. The molecule has 94 valence electrons. The highest BCUT2D eigenvalue weighted by molar-refractivity contribution is 5.77. The molecule has 0 bridgehead atoms. The fourth-order valence-corrected chi connectivity index (χ4v) is 1.01. The number of methoxy groups -OCH3 is 1. The summed E-state index contributed by atoms with van der Waals surface area (Å²) in [5, 5.41) is 8.58. The van der Waals surface area contributed by atoms with Gasteiger partial charge < -0.3 is 14.2 Å². The summed E-state index contributed by atoms with van der Waals surface area (Å²) in [6, 6.07) is 8.21. The Morgan fingerprint density at radius 2 is 1.83 bits per heavy atom. The van der Waals surface area contributed by atoms with Crippen LogP contribution in [0.4, 0.5) is 0 Å². The van der Waals surface area contributed by atoms with Crippen molar-refractivity contribution < 1.29 is 23.8 Å². The van der Waals surface area contributed by atoms with Crippen molar-refractivity contribution in [2.75, 3.05) is 20.3 Å². The predicted molar refractivity (Wildman–Crippen MR) is 59.6 cm³/mol. The summed E-state index contributed by atoms with van der Waals surface area (Å²) in [5.74, 6) is -0.879. The van der Waals surface area contributed by atoms with Crippen LogP contribution in [0.5, 0.6) is 5.75 Å². The number of nitriles is 1. The van der Waals surface area contributed by atoms with Gasteiger partial charge in [-0.05, 0) is 24.3 Å². The fourth-order valence-electron chi connectivity index (χ4n) is 1.01. The molecule has 6 heteroatoms. The fraction of sp³-hybridized carbons (Fsp3) is 0.250. The summed E-state index contributed by atoms with van der Waals surface area (Å²) in [6.45, 7) is -0.755. The van der Waals surface area contributed by atoms with Gasteiger partial charge in [0, 0.05) is 0 Å². The van der Waals surface area contributed by atoms with Crippen molar-refractivity contribution in [2.24, 2.45) is 0 Å². The lowest BCUT2D eigenvalue weighted by Gasteiger charge is -2.06. The highest BCUT2D eigenvalue weighted by Gasteiger charge is 2.08. The molecule has 0 atom stereocenters. The van der Waals surface area contributed by atoms with Crippen LogP contribution < -0.4 is 4.74 Å². The molecule has 0 aliphatic rings. The third kappa shape index (κ3) is 4.53. The summed E-state index contributed by atoms with van der Waals surface area (Å²) in [7, 11) is 1.20. The zero-order chi connectivity index (χ0) is 13.4. The second-order valence-electron chi connectivity index (χ2n) is 3.16. The number of ether oxygens (including phenoxy) is 3. The maximum atomic E-state index is 11.2. The van der Waals surface area contributed by atoms with Gasteiger partial charge in [0.2, 0.25) is 0 Å². The van der Waals surface area contributed by atoms with E-state index >= 15 is 0 Å². The Balaban J connectivity index is 2.33. The van der Waals surface area contributed by atoms with Crippen LogP contribution in [0.25, 0.3) is 0 Å². The second kappa shape index (κ2) is 6.91. The van der Waals surface area contributed by atoms with Gasteiger partial charge in [0.25, 0.3) is 0 Å². The van der Waals surface area contributed by atoms with Gasteiger partial charge >= 0.3 is 11.9 Å². The zero-order valence-electron chi connectivity index (χ0n) is 9.71. The van der Waals surface area contributed by atoms with Gasteiger partial charge in [0.15, 0.2) is 13.2 Å². The lowest BCUT2D eigenvalue weighted by molar-refractivity contribution is -0.158. The van der Waals surface area contributed by atoms with E-state index in [0.29, 0.717) is 11.3 Å². The number of esters is 2. The number of hydrogen-bond acceptors (Lipinski definition) is 6. The van der Waals surface area contributed by atoms with Gasteiger partial charge in [-0.1, -0.05) is 0 Å². The maximum absolute atomic E-state index is 11.2. The van der Waals surface area contributed by atoms with Crippen molar-refractivity contribution in [1.29, 1.82) is 5.26 Å². The summed E-state index contributed by atoms with van der Waals surface area (Å²) < 4.78 is 14.0. The number of rotatable bonds is 5. The number of benzene rings is 1. The molecule has 0 saturated heterocycles. The van der Waals surface area contributed by atoms with E-state index < -0.39 is 18.5 Å². The molecule has 0 aliphatic heterocycles. The molecule has 0 spiro atoms. The maximum Gasteiger partial charge on any atom is 0.344 e. The average Bonchev–Trinajstić information content (AvgIpc) is 2.42. The summed E-state index contributed by atoms with van der Waals surface area (Å²) in [6.07, 6.45) is 0.